The Morgan fingerprint density at radius 1 is 0.878 bits per heavy atom. The zero-order valence-electron chi connectivity index (χ0n) is 25.1. The van der Waals surface area contributed by atoms with Crippen molar-refractivity contribution in [3.63, 3.8) is 0 Å². The molecular formula is C32H46N4O5. The minimum atomic E-state index is -1.09. The van der Waals surface area contributed by atoms with Gasteiger partial charge >= 0.3 is 0 Å². The van der Waals surface area contributed by atoms with Crippen LogP contribution in [0.5, 0.6) is 11.5 Å². The minimum absolute atomic E-state index is 0.0475. The Hall–Kier alpha value is -3.23. The summed E-state index contributed by atoms with van der Waals surface area (Å²) in [7, 11) is 3.14. The first-order chi connectivity index (χ1) is 19.8. The Kier molecular flexibility index (Phi) is 8.80. The monoisotopic (exact) mass is 566 g/mol. The zero-order chi connectivity index (χ0) is 29.1. The molecule has 1 atom stereocenters. The molecule has 9 nitrogen and oxygen atoms in total. The number of anilines is 1. The summed E-state index contributed by atoms with van der Waals surface area (Å²) in [4.78, 5) is 43.4. The highest BCUT2D eigenvalue weighted by Gasteiger charge is 2.51. The lowest BCUT2D eigenvalue weighted by Gasteiger charge is -2.49. The van der Waals surface area contributed by atoms with E-state index in [0.29, 0.717) is 28.3 Å². The molecule has 0 saturated heterocycles. The average molecular weight is 567 g/mol. The van der Waals surface area contributed by atoms with E-state index in [9.17, 15) is 14.4 Å². The van der Waals surface area contributed by atoms with E-state index in [1.54, 1.807) is 20.3 Å². The van der Waals surface area contributed by atoms with Gasteiger partial charge < -0.3 is 29.6 Å². The van der Waals surface area contributed by atoms with E-state index < -0.39 is 5.54 Å². The van der Waals surface area contributed by atoms with Gasteiger partial charge in [0.1, 0.15) is 11.2 Å². The van der Waals surface area contributed by atoms with Crippen LogP contribution >= 0.6 is 0 Å². The van der Waals surface area contributed by atoms with Gasteiger partial charge in [-0.1, -0.05) is 57.8 Å². The predicted molar refractivity (Wildman–Crippen MR) is 160 cm³/mol. The maximum Gasteiger partial charge on any atom is 0.273 e. The third-order valence-electron chi connectivity index (χ3n) is 9.41. The van der Waals surface area contributed by atoms with E-state index in [-0.39, 0.29) is 36.3 Å². The first-order valence-corrected chi connectivity index (χ1v) is 15.5. The number of methoxy groups -OCH3 is 2. The van der Waals surface area contributed by atoms with Crippen LogP contribution in [0.4, 0.5) is 5.69 Å². The van der Waals surface area contributed by atoms with Crippen molar-refractivity contribution in [1.29, 1.82) is 0 Å². The van der Waals surface area contributed by atoms with Gasteiger partial charge in [-0.15, -0.1) is 0 Å². The fourth-order valence-corrected chi connectivity index (χ4v) is 7.29. The number of fused-ring (bicyclic) bond motifs is 3. The Bertz CT molecular complexity index is 1290. The van der Waals surface area contributed by atoms with E-state index in [1.165, 1.54) is 26.2 Å². The van der Waals surface area contributed by atoms with Crippen LogP contribution in [0.1, 0.15) is 108 Å². The zero-order valence-corrected chi connectivity index (χ0v) is 25.1. The number of carbonyl (C=O) groups excluding carboxylic acids is 3. The minimum Gasteiger partial charge on any atom is -0.493 e. The molecule has 5 rings (SSSR count). The lowest BCUT2D eigenvalue weighted by molar-refractivity contribution is -0.135. The average Bonchev–Trinajstić information content (AvgIpc) is 3.06. The molecule has 41 heavy (non-hydrogen) atoms. The normalized spacial score (nSPS) is 22.8. The molecule has 2 heterocycles. The fourth-order valence-electron chi connectivity index (χ4n) is 7.29. The first-order valence-electron chi connectivity index (χ1n) is 15.5. The Balaban J connectivity index is 1.66. The van der Waals surface area contributed by atoms with Crippen LogP contribution in [0.3, 0.4) is 0 Å². The van der Waals surface area contributed by atoms with Crippen LogP contribution in [0.2, 0.25) is 0 Å². The number of nitrogens with zero attached hydrogens (tertiary/aromatic N) is 2. The van der Waals surface area contributed by atoms with Crippen LogP contribution in [0.15, 0.2) is 12.1 Å². The van der Waals surface area contributed by atoms with Crippen LogP contribution in [0.25, 0.3) is 10.9 Å². The number of amides is 3. The number of nitrogens with one attached hydrogen (secondary N) is 2. The third kappa shape index (κ3) is 5.64. The van der Waals surface area contributed by atoms with Gasteiger partial charge in [0, 0.05) is 30.5 Å². The van der Waals surface area contributed by atoms with Crippen molar-refractivity contribution in [2.45, 2.75) is 121 Å². The van der Waals surface area contributed by atoms with Gasteiger partial charge in [0.05, 0.1) is 32.0 Å². The second kappa shape index (κ2) is 12.3. The van der Waals surface area contributed by atoms with Gasteiger partial charge in [0.25, 0.3) is 5.91 Å². The van der Waals surface area contributed by atoms with Crippen LogP contribution < -0.4 is 20.1 Å². The standard InChI is InChI=1S/C32H46N4O5/c1-21(37)33-28-24-18-26(40-3)27(41-4)19-25(24)35-20-32(2,31(39)34-22-14-10-8-9-11-15-22)36(30(38)29(28)35)23-16-12-6-5-7-13-17-23/h18-19,22-23H,5-17,20H2,1-4H3,(H,33,37)(H,34,39). The summed E-state index contributed by atoms with van der Waals surface area (Å²) < 4.78 is 13.1. The lowest BCUT2D eigenvalue weighted by atomic mass is 9.87. The summed E-state index contributed by atoms with van der Waals surface area (Å²) in [5.74, 6) is 0.467. The van der Waals surface area contributed by atoms with Crippen molar-refractivity contribution in [1.82, 2.24) is 14.8 Å². The smallest absolute Gasteiger partial charge is 0.273 e. The molecule has 2 aromatic rings. The van der Waals surface area contributed by atoms with Gasteiger partial charge in [-0.25, -0.2) is 0 Å². The summed E-state index contributed by atoms with van der Waals surface area (Å²) in [6.45, 7) is 3.67. The SMILES string of the molecule is COc1cc2c(NC(C)=O)c3n(c2cc1OC)CC(C)(C(=O)NC1CCCCCC1)N(C1CCCCCCC1)C3=O. The Morgan fingerprint density at radius 2 is 1.44 bits per heavy atom. The van der Waals surface area contributed by atoms with Crippen molar-refractivity contribution >= 4 is 34.3 Å². The summed E-state index contributed by atoms with van der Waals surface area (Å²) in [6, 6.07) is 3.72. The van der Waals surface area contributed by atoms with Crippen LogP contribution in [-0.2, 0) is 16.1 Å². The van der Waals surface area contributed by atoms with E-state index in [2.05, 4.69) is 10.6 Å². The molecule has 9 heteroatoms. The number of hydrogen-bond acceptors (Lipinski definition) is 5. The maximum atomic E-state index is 14.8. The second-order valence-electron chi connectivity index (χ2n) is 12.3. The largest absolute Gasteiger partial charge is 0.493 e. The topological polar surface area (TPSA) is 102 Å². The molecule has 1 unspecified atom stereocenters. The van der Waals surface area contributed by atoms with Crippen LogP contribution in [-0.4, -0.2) is 59.0 Å². The number of benzene rings is 1. The fraction of sp³-hybridized carbons (Fsp3) is 0.656. The summed E-state index contributed by atoms with van der Waals surface area (Å²) in [5.41, 5.74) is 0.501. The summed E-state index contributed by atoms with van der Waals surface area (Å²) >= 11 is 0. The van der Waals surface area contributed by atoms with Gasteiger partial charge in [-0.05, 0) is 38.7 Å². The third-order valence-corrected chi connectivity index (χ3v) is 9.41. The number of aromatic nitrogens is 1. The molecule has 2 N–H and O–H groups in total. The molecule has 1 aliphatic heterocycles. The molecular weight excluding hydrogens is 520 g/mol. The van der Waals surface area contributed by atoms with Crippen LogP contribution in [0, 0.1) is 0 Å². The number of ether oxygens (including phenoxy) is 2. The molecule has 0 spiro atoms. The number of hydrogen-bond donors (Lipinski definition) is 2. The molecule has 2 aliphatic carbocycles. The first kappa shape index (κ1) is 29.3. The Labute approximate surface area is 243 Å². The quantitative estimate of drug-likeness (QED) is 0.432. The second-order valence-corrected chi connectivity index (χ2v) is 12.3. The highest BCUT2D eigenvalue weighted by atomic mass is 16.5. The van der Waals surface area contributed by atoms with E-state index in [0.717, 1.165) is 69.7 Å². The lowest BCUT2D eigenvalue weighted by Crippen LogP contribution is -2.67. The van der Waals surface area contributed by atoms with Crippen molar-refractivity contribution in [2.24, 2.45) is 0 Å². The number of carbonyl (C=O) groups is 3. The molecule has 3 aliphatic rings. The van der Waals surface area contributed by atoms with E-state index >= 15 is 0 Å². The molecule has 2 saturated carbocycles. The summed E-state index contributed by atoms with van der Waals surface area (Å²) in [5, 5.41) is 7.02. The van der Waals surface area contributed by atoms with Gasteiger partial charge in [0.15, 0.2) is 11.5 Å². The maximum absolute atomic E-state index is 14.8. The predicted octanol–water partition coefficient (Wildman–Crippen LogP) is 5.78. The molecule has 2 fully saturated rings. The highest BCUT2D eigenvalue weighted by molar-refractivity contribution is 6.15. The Morgan fingerprint density at radius 3 is 2.02 bits per heavy atom. The van der Waals surface area contributed by atoms with E-state index in [4.69, 9.17) is 9.47 Å². The van der Waals surface area contributed by atoms with Crippen molar-refractivity contribution in [3.8, 4) is 11.5 Å². The number of rotatable bonds is 6. The molecule has 1 aromatic carbocycles. The van der Waals surface area contributed by atoms with Gasteiger partial charge in [0.2, 0.25) is 11.8 Å². The highest BCUT2D eigenvalue weighted by Crippen LogP contribution is 2.44. The molecule has 224 valence electrons. The van der Waals surface area contributed by atoms with Crippen molar-refractivity contribution < 1.29 is 23.9 Å². The molecule has 3 amide bonds. The molecule has 1 aromatic heterocycles. The molecule has 0 radical (unpaired) electrons. The van der Waals surface area contributed by atoms with Gasteiger partial charge in [-0.2, -0.15) is 0 Å². The van der Waals surface area contributed by atoms with Crippen molar-refractivity contribution in [3.05, 3.63) is 17.8 Å². The van der Waals surface area contributed by atoms with Gasteiger partial charge in [-0.3, -0.25) is 14.4 Å². The van der Waals surface area contributed by atoms with Crippen molar-refractivity contribution in [2.75, 3.05) is 19.5 Å². The van der Waals surface area contributed by atoms with E-state index in [1.807, 2.05) is 22.5 Å². The summed E-state index contributed by atoms with van der Waals surface area (Å²) in [6.07, 6.45) is 13.9. The molecule has 0 bridgehead atoms.